The largest absolute Gasteiger partial charge is 0.494 e. The lowest BCUT2D eigenvalue weighted by molar-refractivity contribution is 0.143. The molecule has 74 valence electrons. The minimum absolute atomic E-state index is 0.219. The van der Waals surface area contributed by atoms with Gasteiger partial charge in [-0.3, -0.25) is 0 Å². The zero-order valence-corrected chi connectivity index (χ0v) is 8.11. The van der Waals surface area contributed by atoms with E-state index in [1.54, 1.807) is 0 Å². The molecule has 14 heavy (non-hydrogen) atoms. The van der Waals surface area contributed by atoms with Crippen molar-refractivity contribution in [3.63, 3.8) is 0 Å². The lowest BCUT2D eigenvalue weighted by Gasteiger charge is -2.21. The predicted octanol–water partition coefficient (Wildman–Crippen LogP) is 0.277. The Hall–Kier alpha value is -0.835. The lowest BCUT2D eigenvalue weighted by atomic mass is 9.75. The van der Waals surface area contributed by atoms with E-state index in [0.717, 1.165) is 30.7 Å². The molecule has 2 rings (SSSR count). The van der Waals surface area contributed by atoms with Crippen molar-refractivity contribution >= 4 is 12.6 Å². The van der Waals surface area contributed by atoms with E-state index in [1.165, 1.54) is 0 Å². The van der Waals surface area contributed by atoms with Gasteiger partial charge in [-0.05, 0) is 17.4 Å². The van der Waals surface area contributed by atoms with Crippen LogP contribution in [0.15, 0.2) is 24.3 Å². The van der Waals surface area contributed by atoms with Crippen LogP contribution in [0.4, 0.5) is 0 Å². The molecule has 1 fully saturated rings. The van der Waals surface area contributed by atoms with Crippen LogP contribution in [0.2, 0.25) is 0 Å². The van der Waals surface area contributed by atoms with Crippen molar-refractivity contribution in [2.75, 3.05) is 13.2 Å². The second kappa shape index (κ2) is 4.60. The summed E-state index contributed by atoms with van der Waals surface area (Å²) in [5.74, 6) is 0. The van der Waals surface area contributed by atoms with Gasteiger partial charge in [0.25, 0.3) is 0 Å². The Morgan fingerprint density at radius 1 is 1.21 bits per heavy atom. The van der Waals surface area contributed by atoms with Crippen LogP contribution in [0.3, 0.4) is 0 Å². The average molecular weight is 191 g/mol. The van der Waals surface area contributed by atoms with Gasteiger partial charge in [0, 0.05) is 19.8 Å². The van der Waals surface area contributed by atoms with Gasteiger partial charge in [0.15, 0.2) is 0 Å². The van der Waals surface area contributed by atoms with Gasteiger partial charge >= 0.3 is 7.12 Å². The molecule has 0 atom stereocenters. The number of nitrogens with two attached hydrogens (primary N) is 1. The van der Waals surface area contributed by atoms with E-state index in [9.17, 15) is 0 Å². The third-order valence-electron chi connectivity index (χ3n) is 2.36. The van der Waals surface area contributed by atoms with Crippen LogP contribution in [-0.2, 0) is 15.9 Å². The summed E-state index contributed by atoms with van der Waals surface area (Å²) >= 11 is 0. The van der Waals surface area contributed by atoms with Crippen molar-refractivity contribution in [3.05, 3.63) is 29.8 Å². The summed E-state index contributed by atoms with van der Waals surface area (Å²) in [4.78, 5) is 0. The van der Waals surface area contributed by atoms with Crippen LogP contribution in [0.5, 0.6) is 0 Å². The molecule has 0 amide bonds. The molecule has 3 nitrogen and oxygen atoms in total. The Bertz CT molecular complexity index is 300. The molecule has 2 N–H and O–H groups in total. The van der Waals surface area contributed by atoms with Gasteiger partial charge in [0.2, 0.25) is 0 Å². The first-order chi connectivity index (χ1) is 6.92. The zero-order chi connectivity index (χ0) is 9.80. The molecule has 0 spiro atoms. The van der Waals surface area contributed by atoms with Gasteiger partial charge in [-0.1, -0.05) is 24.3 Å². The first kappa shape index (κ1) is 9.71. The lowest BCUT2D eigenvalue weighted by Crippen LogP contribution is -2.43. The van der Waals surface area contributed by atoms with Crippen LogP contribution in [0.25, 0.3) is 0 Å². The van der Waals surface area contributed by atoms with Crippen molar-refractivity contribution < 1.29 is 9.31 Å². The fourth-order valence-electron chi connectivity index (χ4n) is 1.62. The van der Waals surface area contributed by atoms with Crippen LogP contribution < -0.4 is 11.2 Å². The summed E-state index contributed by atoms with van der Waals surface area (Å²) < 4.78 is 11.1. The molecular weight excluding hydrogens is 177 g/mol. The highest BCUT2D eigenvalue weighted by atomic mass is 16.6. The Balaban J connectivity index is 2.20. The molecular formula is C10H14BNO2. The van der Waals surface area contributed by atoms with E-state index in [1.807, 2.05) is 24.3 Å². The monoisotopic (exact) mass is 191 g/mol. The predicted molar refractivity (Wildman–Crippen MR) is 56.2 cm³/mol. The molecule has 1 heterocycles. The normalized spacial score (nSPS) is 17.1. The SMILES string of the molecule is NCc1ccccc1B1OCCCO1. The highest BCUT2D eigenvalue weighted by Crippen LogP contribution is 2.04. The number of benzene rings is 1. The minimum atomic E-state index is -0.219. The maximum absolute atomic E-state index is 5.65. The maximum atomic E-state index is 5.65. The van der Waals surface area contributed by atoms with Crippen LogP contribution in [0, 0.1) is 0 Å². The molecule has 4 heteroatoms. The van der Waals surface area contributed by atoms with Gasteiger partial charge < -0.3 is 15.0 Å². The van der Waals surface area contributed by atoms with E-state index in [4.69, 9.17) is 15.0 Å². The van der Waals surface area contributed by atoms with E-state index < -0.39 is 0 Å². The van der Waals surface area contributed by atoms with Crippen molar-refractivity contribution in [1.29, 1.82) is 0 Å². The Morgan fingerprint density at radius 2 is 1.93 bits per heavy atom. The zero-order valence-electron chi connectivity index (χ0n) is 8.11. The summed E-state index contributed by atoms with van der Waals surface area (Å²) in [6.07, 6.45) is 0.974. The van der Waals surface area contributed by atoms with Crippen LogP contribution >= 0.6 is 0 Å². The van der Waals surface area contributed by atoms with Gasteiger partial charge in [-0.2, -0.15) is 0 Å². The second-order valence-corrected chi connectivity index (χ2v) is 3.33. The van der Waals surface area contributed by atoms with Crippen LogP contribution in [0.1, 0.15) is 12.0 Å². The van der Waals surface area contributed by atoms with Crippen molar-refractivity contribution in [2.45, 2.75) is 13.0 Å². The highest BCUT2D eigenvalue weighted by Gasteiger charge is 2.25. The van der Waals surface area contributed by atoms with Crippen molar-refractivity contribution in [1.82, 2.24) is 0 Å². The third-order valence-corrected chi connectivity index (χ3v) is 2.36. The topological polar surface area (TPSA) is 44.5 Å². The first-order valence-corrected chi connectivity index (χ1v) is 4.93. The molecule has 0 aliphatic carbocycles. The molecule has 1 aliphatic rings. The molecule has 0 bridgehead atoms. The standard InChI is InChI=1S/C10H14BNO2/c12-8-9-4-1-2-5-10(9)11-13-6-3-7-14-11/h1-2,4-5H,3,6-8,12H2. The summed E-state index contributed by atoms with van der Waals surface area (Å²) in [5, 5.41) is 0. The first-order valence-electron chi connectivity index (χ1n) is 4.93. The van der Waals surface area contributed by atoms with Crippen LogP contribution in [-0.4, -0.2) is 20.3 Å². The molecule has 1 aromatic carbocycles. The van der Waals surface area contributed by atoms with Gasteiger partial charge in [0.1, 0.15) is 0 Å². The molecule has 1 saturated heterocycles. The molecule has 0 aromatic heterocycles. The number of rotatable bonds is 2. The number of hydrogen-bond donors (Lipinski definition) is 1. The Morgan fingerprint density at radius 3 is 2.64 bits per heavy atom. The molecule has 0 saturated carbocycles. The average Bonchev–Trinajstić information content (AvgIpc) is 2.30. The minimum Gasteiger partial charge on any atom is -0.407 e. The van der Waals surface area contributed by atoms with Gasteiger partial charge in [-0.25, -0.2) is 0 Å². The Kier molecular flexibility index (Phi) is 3.19. The highest BCUT2D eigenvalue weighted by molar-refractivity contribution is 6.61. The molecule has 0 radical (unpaired) electrons. The fourth-order valence-corrected chi connectivity index (χ4v) is 1.62. The summed E-state index contributed by atoms with van der Waals surface area (Å²) in [7, 11) is -0.219. The summed E-state index contributed by atoms with van der Waals surface area (Å²) in [5.41, 5.74) is 7.81. The third kappa shape index (κ3) is 1.98. The van der Waals surface area contributed by atoms with E-state index >= 15 is 0 Å². The van der Waals surface area contributed by atoms with Gasteiger partial charge in [-0.15, -0.1) is 0 Å². The van der Waals surface area contributed by atoms with E-state index in [2.05, 4.69) is 0 Å². The Labute approximate surface area is 84.3 Å². The van der Waals surface area contributed by atoms with E-state index in [0.29, 0.717) is 6.54 Å². The fraction of sp³-hybridized carbons (Fsp3) is 0.400. The summed E-state index contributed by atoms with van der Waals surface area (Å²) in [6, 6.07) is 7.99. The van der Waals surface area contributed by atoms with E-state index in [-0.39, 0.29) is 7.12 Å². The molecule has 1 aliphatic heterocycles. The summed E-state index contributed by atoms with van der Waals surface area (Å²) in [6.45, 7) is 2.06. The van der Waals surface area contributed by atoms with Crippen molar-refractivity contribution in [2.24, 2.45) is 5.73 Å². The second-order valence-electron chi connectivity index (χ2n) is 3.33. The molecule has 0 unspecified atom stereocenters. The van der Waals surface area contributed by atoms with Crippen molar-refractivity contribution in [3.8, 4) is 0 Å². The smallest absolute Gasteiger partial charge is 0.407 e. The molecule has 1 aromatic rings. The number of hydrogen-bond acceptors (Lipinski definition) is 3. The van der Waals surface area contributed by atoms with Gasteiger partial charge in [0.05, 0.1) is 0 Å². The maximum Gasteiger partial charge on any atom is 0.494 e. The quantitative estimate of drug-likeness (QED) is 0.682.